The number of aromatic amines is 1. The number of hydrogen-bond donors (Lipinski definition) is 1. The summed E-state index contributed by atoms with van der Waals surface area (Å²) in [6, 6.07) is 18.9. The number of amides is 1. The molecule has 1 aromatic heterocycles. The standard InChI is InChI=1S/C23H21FN2O3/c24-17-7-4-8-19(15-17)29-18-11-13-26(14-12-18)23(28)20-9-10-21(25-22(20)27)16-5-2-1-3-6-16/h1-10,15,18H,11-14H2,(H,25,27). The van der Waals surface area contributed by atoms with E-state index in [2.05, 4.69) is 4.98 Å². The lowest BCUT2D eigenvalue weighted by atomic mass is 10.1. The smallest absolute Gasteiger partial charge is 0.261 e. The van der Waals surface area contributed by atoms with E-state index in [1.54, 1.807) is 29.2 Å². The highest BCUT2D eigenvalue weighted by Crippen LogP contribution is 2.21. The number of piperidine rings is 1. The Morgan fingerprint density at radius 2 is 1.76 bits per heavy atom. The zero-order valence-electron chi connectivity index (χ0n) is 15.8. The maximum absolute atomic E-state index is 13.3. The van der Waals surface area contributed by atoms with Crippen molar-refractivity contribution in [2.24, 2.45) is 0 Å². The fraction of sp³-hybridized carbons (Fsp3) is 0.217. The van der Waals surface area contributed by atoms with Gasteiger partial charge in [0.2, 0.25) is 0 Å². The van der Waals surface area contributed by atoms with Crippen LogP contribution in [0.15, 0.2) is 71.5 Å². The van der Waals surface area contributed by atoms with E-state index in [0.29, 0.717) is 37.4 Å². The van der Waals surface area contributed by atoms with Crippen LogP contribution in [0, 0.1) is 5.82 Å². The Balaban J connectivity index is 1.40. The molecule has 0 unspecified atom stereocenters. The van der Waals surface area contributed by atoms with Crippen molar-refractivity contribution in [3.63, 3.8) is 0 Å². The molecule has 5 nitrogen and oxygen atoms in total. The van der Waals surface area contributed by atoms with Crippen LogP contribution in [0.2, 0.25) is 0 Å². The van der Waals surface area contributed by atoms with Gasteiger partial charge in [0, 0.05) is 37.7 Å². The van der Waals surface area contributed by atoms with Crippen molar-refractivity contribution >= 4 is 5.91 Å². The third-order valence-corrected chi connectivity index (χ3v) is 5.05. The Morgan fingerprint density at radius 3 is 2.45 bits per heavy atom. The molecule has 1 fully saturated rings. The van der Waals surface area contributed by atoms with Crippen LogP contribution in [0.3, 0.4) is 0 Å². The third kappa shape index (κ3) is 4.37. The highest BCUT2D eigenvalue weighted by Gasteiger charge is 2.26. The van der Waals surface area contributed by atoms with Crippen LogP contribution in [-0.4, -0.2) is 35.0 Å². The van der Waals surface area contributed by atoms with E-state index < -0.39 is 5.56 Å². The predicted octanol–water partition coefficient (Wildman–Crippen LogP) is 3.86. The number of halogens is 1. The second kappa shape index (κ2) is 8.31. The summed E-state index contributed by atoms with van der Waals surface area (Å²) in [5.74, 6) is -0.133. The summed E-state index contributed by atoms with van der Waals surface area (Å²) in [4.78, 5) is 29.7. The quantitative estimate of drug-likeness (QED) is 0.733. The highest BCUT2D eigenvalue weighted by molar-refractivity contribution is 5.94. The summed E-state index contributed by atoms with van der Waals surface area (Å²) in [6.45, 7) is 0.970. The summed E-state index contributed by atoms with van der Waals surface area (Å²) < 4.78 is 19.1. The number of pyridine rings is 1. The predicted molar refractivity (Wildman–Crippen MR) is 108 cm³/mol. The fourth-order valence-corrected chi connectivity index (χ4v) is 3.51. The van der Waals surface area contributed by atoms with Crippen molar-refractivity contribution in [3.05, 3.63) is 88.5 Å². The van der Waals surface area contributed by atoms with Gasteiger partial charge in [-0.2, -0.15) is 0 Å². The van der Waals surface area contributed by atoms with E-state index in [9.17, 15) is 14.0 Å². The van der Waals surface area contributed by atoms with Crippen LogP contribution in [0.25, 0.3) is 11.3 Å². The number of H-pyrrole nitrogens is 1. The molecule has 0 radical (unpaired) electrons. The summed E-state index contributed by atoms with van der Waals surface area (Å²) in [5, 5.41) is 0. The van der Waals surface area contributed by atoms with Gasteiger partial charge in [0.05, 0.1) is 0 Å². The van der Waals surface area contributed by atoms with Crippen LogP contribution in [0.5, 0.6) is 5.75 Å². The Morgan fingerprint density at radius 1 is 1.00 bits per heavy atom. The molecule has 0 atom stereocenters. The van der Waals surface area contributed by atoms with Gasteiger partial charge >= 0.3 is 0 Å². The lowest BCUT2D eigenvalue weighted by Crippen LogP contribution is -2.43. The van der Waals surface area contributed by atoms with Gasteiger partial charge in [-0.15, -0.1) is 0 Å². The maximum atomic E-state index is 13.3. The number of benzene rings is 2. The van der Waals surface area contributed by atoms with E-state index in [-0.39, 0.29) is 23.4 Å². The zero-order chi connectivity index (χ0) is 20.2. The first kappa shape index (κ1) is 18.9. The molecule has 3 aromatic rings. The molecule has 148 valence electrons. The van der Waals surface area contributed by atoms with Crippen molar-refractivity contribution < 1.29 is 13.9 Å². The fourth-order valence-electron chi connectivity index (χ4n) is 3.51. The first-order valence-corrected chi connectivity index (χ1v) is 9.60. The van der Waals surface area contributed by atoms with Gasteiger partial charge in [-0.1, -0.05) is 36.4 Å². The number of carbonyl (C=O) groups excluding carboxylic acids is 1. The Bertz CT molecular complexity index is 1060. The van der Waals surface area contributed by atoms with E-state index in [1.807, 2.05) is 30.3 Å². The molecule has 1 N–H and O–H groups in total. The molecule has 0 bridgehead atoms. The average Bonchev–Trinajstić information content (AvgIpc) is 2.74. The number of hydrogen-bond acceptors (Lipinski definition) is 3. The van der Waals surface area contributed by atoms with Gasteiger partial charge < -0.3 is 14.6 Å². The van der Waals surface area contributed by atoms with Gasteiger partial charge in [-0.3, -0.25) is 9.59 Å². The number of nitrogens with zero attached hydrogens (tertiary/aromatic N) is 1. The normalized spacial score (nSPS) is 14.6. The van der Waals surface area contributed by atoms with Gasteiger partial charge in [-0.05, 0) is 29.8 Å². The van der Waals surface area contributed by atoms with E-state index >= 15 is 0 Å². The minimum absolute atomic E-state index is 0.0837. The molecule has 4 rings (SSSR count). The highest BCUT2D eigenvalue weighted by atomic mass is 19.1. The summed E-state index contributed by atoms with van der Waals surface area (Å²) in [5.41, 5.74) is 1.30. The van der Waals surface area contributed by atoms with Gasteiger partial charge in [0.25, 0.3) is 11.5 Å². The molecule has 2 aromatic carbocycles. The first-order chi connectivity index (χ1) is 14.1. The summed E-state index contributed by atoms with van der Waals surface area (Å²) in [6.07, 6.45) is 1.17. The second-order valence-electron chi connectivity index (χ2n) is 7.05. The number of ether oxygens (including phenoxy) is 1. The molecule has 1 amide bonds. The molecule has 2 heterocycles. The number of aromatic nitrogens is 1. The van der Waals surface area contributed by atoms with Gasteiger partial charge in [0.15, 0.2) is 0 Å². The minimum Gasteiger partial charge on any atom is -0.490 e. The van der Waals surface area contributed by atoms with Crippen LogP contribution in [-0.2, 0) is 0 Å². The van der Waals surface area contributed by atoms with Crippen molar-refractivity contribution in [1.82, 2.24) is 9.88 Å². The lowest BCUT2D eigenvalue weighted by Gasteiger charge is -2.32. The topological polar surface area (TPSA) is 62.4 Å². The summed E-state index contributed by atoms with van der Waals surface area (Å²) in [7, 11) is 0. The summed E-state index contributed by atoms with van der Waals surface area (Å²) >= 11 is 0. The van der Waals surface area contributed by atoms with Crippen molar-refractivity contribution in [1.29, 1.82) is 0 Å². The van der Waals surface area contributed by atoms with Crippen LogP contribution < -0.4 is 10.3 Å². The molecule has 6 heteroatoms. The van der Waals surface area contributed by atoms with E-state index in [4.69, 9.17) is 4.74 Å². The van der Waals surface area contributed by atoms with Crippen molar-refractivity contribution in [2.45, 2.75) is 18.9 Å². The van der Waals surface area contributed by atoms with E-state index in [0.717, 1.165) is 5.56 Å². The number of rotatable bonds is 4. The van der Waals surface area contributed by atoms with E-state index in [1.165, 1.54) is 12.1 Å². The Kier molecular flexibility index (Phi) is 5.42. The molecule has 1 aliphatic rings. The molecule has 0 spiro atoms. The number of likely N-dealkylation sites (tertiary alicyclic amines) is 1. The molecule has 0 saturated carbocycles. The Labute approximate surface area is 167 Å². The molecular weight excluding hydrogens is 371 g/mol. The lowest BCUT2D eigenvalue weighted by molar-refractivity contribution is 0.0593. The van der Waals surface area contributed by atoms with Crippen molar-refractivity contribution in [2.75, 3.05) is 13.1 Å². The molecule has 0 aliphatic carbocycles. The van der Waals surface area contributed by atoms with Crippen LogP contribution in [0.1, 0.15) is 23.2 Å². The first-order valence-electron chi connectivity index (χ1n) is 9.60. The number of carbonyl (C=O) groups is 1. The molecule has 1 saturated heterocycles. The second-order valence-corrected chi connectivity index (χ2v) is 7.05. The van der Waals surface area contributed by atoms with Crippen LogP contribution >= 0.6 is 0 Å². The minimum atomic E-state index is -0.394. The molecular formula is C23H21FN2O3. The largest absolute Gasteiger partial charge is 0.490 e. The molecule has 1 aliphatic heterocycles. The third-order valence-electron chi connectivity index (χ3n) is 5.05. The average molecular weight is 392 g/mol. The van der Waals surface area contributed by atoms with Gasteiger partial charge in [0.1, 0.15) is 23.2 Å². The monoisotopic (exact) mass is 392 g/mol. The Hall–Kier alpha value is -3.41. The maximum Gasteiger partial charge on any atom is 0.261 e. The zero-order valence-corrected chi connectivity index (χ0v) is 15.8. The van der Waals surface area contributed by atoms with Crippen molar-refractivity contribution in [3.8, 4) is 17.0 Å². The van der Waals surface area contributed by atoms with Crippen LogP contribution in [0.4, 0.5) is 4.39 Å². The SMILES string of the molecule is O=C(c1ccc(-c2ccccc2)[nH]c1=O)N1CCC(Oc2cccc(F)c2)CC1. The van der Waals surface area contributed by atoms with Gasteiger partial charge in [-0.25, -0.2) is 4.39 Å². The number of nitrogens with one attached hydrogen (secondary N) is 1. The molecule has 29 heavy (non-hydrogen) atoms.